The van der Waals surface area contributed by atoms with Gasteiger partial charge in [-0.15, -0.1) is 5.10 Å². The predicted octanol–water partition coefficient (Wildman–Crippen LogP) is 2.67. The van der Waals surface area contributed by atoms with Gasteiger partial charge in [0.15, 0.2) is 0 Å². The van der Waals surface area contributed by atoms with Crippen molar-refractivity contribution in [3.63, 3.8) is 0 Å². The summed E-state index contributed by atoms with van der Waals surface area (Å²) in [5, 5.41) is 23.5. The van der Waals surface area contributed by atoms with Crippen molar-refractivity contribution in [3.05, 3.63) is 0 Å². The largest absolute Gasteiger partial charge is 0.479 e. The van der Waals surface area contributed by atoms with Gasteiger partial charge in [0.2, 0.25) is 17.5 Å². The lowest BCUT2D eigenvalue weighted by Crippen LogP contribution is -2.67. The highest BCUT2D eigenvalue weighted by atomic mass is 16.6. The highest BCUT2D eigenvalue weighted by molar-refractivity contribution is 6.04. The van der Waals surface area contributed by atoms with E-state index in [9.17, 15) is 14.7 Å². The summed E-state index contributed by atoms with van der Waals surface area (Å²) < 4.78 is 5.82. The molecule has 36 heavy (non-hydrogen) atoms. The number of unbranched alkanes of at least 4 members (excludes halogenated alkanes) is 1. The van der Waals surface area contributed by atoms with E-state index in [-0.39, 0.29) is 37.0 Å². The van der Waals surface area contributed by atoms with E-state index in [2.05, 4.69) is 10.0 Å². The fourth-order valence-electron chi connectivity index (χ4n) is 5.65. The van der Waals surface area contributed by atoms with E-state index in [1.165, 1.54) is 5.01 Å². The first-order valence-corrected chi connectivity index (χ1v) is 13.3. The summed E-state index contributed by atoms with van der Waals surface area (Å²) in [4.78, 5) is 29.1. The summed E-state index contributed by atoms with van der Waals surface area (Å²) in [5.41, 5.74) is 13.8. The minimum Gasteiger partial charge on any atom is -0.479 e. The molecular weight excluding hydrogens is 462 g/mol. The van der Waals surface area contributed by atoms with Gasteiger partial charge in [0, 0.05) is 18.6 Å². The van der Waals surface area contributed by atoms with Crippen molar-refractivity contribution in [2.75, 3.05) is 6.54 Å². The number of hydrogen-bond acceptors (Lipinski definition) is 6. The zero-order chi connectivity index (χ0) is 26.9. The molecule has 0 aromatic rings. The number of guanidine groups is 2. The van der Waals surface area contributed by atoms with E-state index < -0.39 is 23.1 Å². The van der Waals surface area contributed by atoms with Crippen molar-refractivity contribution < 1.29 is 19.4 Å². The molecule has 0 saturated heterocycles. The third kappa shape index (κ3) is 7.97. The predicted molar refractivity (Wildman–Crippen MR) is 140 cm³/mol. The summed E-state index contributed by atoms with van der Waals surface area (Å²) in [6.45, 7) is 5.53. The van der Waals surface area contributed by atoms with Crippen molar-refractivity contribution >= 4 is 23.9 Å². The molecule has 0 unspecified atom stereocenters. The number of esters is 1. The van der Waals surface area contributed by atoms with Crippen LogP contribution in [0.25, 0.3) is 0 Å². The van der Waals surface area contributed by atoms with Crippen LogP contribution in [0.3, 0.4) is 0 Å². The van der Waals surface area contributed by atoms with Crippen molar-refractivity contribution in [2.45, 2.75) is 127 Å². The van der Waals surface area contributed by atoms with E-state index in [0.29, 0.717) is 12.8 Å². The van der Waals surface area contributed by atoms with Gasteiger partial charge in [0.1, 0.15) is 5.60 Å². The molecule has 0 amide bonds. The quantitative estimate of drug-likeness (QED) is 0.0697. The van der Waals surface area contributed by atoms with Gasteiger partial charge in [-0.25, -0.2) is 14.6 Å². The molecule has 2 rings (SSSR count). The van der Waals surface area contributed by atoms with Gasteiger partial charge in [-0.3, -0.25) is 10.3 Å². The first-order chi connectivity index (χ1) is 16.9. The number of nitrogens with two attached hydrogens (primary N) is 3. The summed E-state index contributed by atoms with van der Waals surface area (Å²) >= 11 is 0. The Hall–Kier alpha value is -2.56. The number of nitrogens with one attached hydrogen (secondary N) is 1. The second-order valence-corrected chi connectivity index (χ2v) is 11.1. The van der Waals surface area contributed by atoms with Gasteiger partial charge < -0.3 is 27.0 Å². The Bertz CT molecular complexity index is 764. The summed E-state index contributed by atoms with van der Waals surface area (Å²) in [6, 6.07) is 0.0571. The summed E-state index contributed by atoms with van der Waals surface area (Å²) in [6.07, 6.45) is 10.9. The van der Waals surface area contributed by atoms with Gasteiger partial charge in [-0.1, -0.05) is 38.5 Å². The molecular formula is C25H47N7O4. The lowest BCUT2D eigenvalue weighted by molar-refractivity contribution is -0.187. The lowest BCUT2D eigenvalue weighted by Gasteiger charge is -2.50. The molecule has 0 radical (unpaired) electrons. The number of carboxylic acids is 1. The Morgan fingerprint density at radius 3 is 1.83 bits per heavy atom. The van der Waals surface area contributed by atoms with Crippen LogP contribution in [0, 0.1) is 5.41 Å². The van der Waals surface area contributed by atoms with Gasteiger partial charge >= 0.3 is 11.9 Å². The number of hydrazone groups is 1. The lowest BCUT2D eigenvalue weighted by atomic mass is 9.80. The highest BCUT2D eigenvalue weighted by Gasteiger charge is 2.57. The standard InChI is InChI=1S/C25H47N7O4/c1-24(2,3)36-21(35)25(20(33)34,16-10-11-17-31(23(28)29)30-22(26)27)32(18-12-6-4-7-13-18)19-14-8-5-9-15-19/h18-19H,4-17H2,1-3H3,(H3,28,29)(H,33,34)(H4,26,27,30)/t25-/m1/s1. The second-order valence-electron chi connectivity index (χ2n) is 11.1. The molecule has 2 fully saturated rings. The van der Waals surface area contributed by atoms with Crippen molar-refractivity contribution in [2.24, 2.45) is 22.3 Å². The summed E-state index contributed by atoms with van der Waals surface area (Å²) in [7, 11) is 0. The zero-order valence-corrected chi connectivity index (χ0v) is 22.3. The Morgan fingerprint density at radius 2 is 1.44 bits per heavy atom. The fourth-order valence-corrected chi connectivity index (χ4v) is 5.65. The molecule has 0 bridgehead atoms. The second kappa shape index (κ2) is 13.1. The van der Waals surface area contributed by atoms with Crippen LogP contribution in [0.1, 0.15) is 104 Å². The maximum absolute atomic E-state index is 13.9. The molecule has 2 aliphatic carbocycles. The van der Waals surface area contributed by atoms with Gasteiger partial charge in [-0.2, -0.15) is 0 Å². The zero-order valence-electron chi connectivity index (χ0n) is 22.3. The third-order valence-corrected chi connectivity index (χ3v) is 7.14. The average molecular weight is 510 g/mol. The molecule has 0 heterocycles. The minimum absolute atomic E-state index is 0.0285. The number of carboxylic acid groups (broad SMARTS) is 1. The molecule has 8 N–H and O–H groups in total. The van der Waals surface area contributed by atoms with Crippen LogP contribution in [-0.2, 0) is 14.3 Å². The fraction of sp³-hybridized carbons (Fsp3) is 0.840. The van der Waals surface area contributed by atoms with Crippen LogP contribution in [-0.4, -0.2) is 68.6 Å². The highest BCUT2D eigenvalue weighted by Crippen LogP contribution is 2.39. The van der Waals surface area contributed by atoms with Crippen LogP contribution in [0.4, 0.5) is 0 Å². The smallest absolute Gasteiger partial charge is 0.338 e. The number of hydrogen-bond donors (Lipinski definition) is 5. The molecule has 0 aliphatic heterocycles. The maximum atomic E-state index is 13.9. The van der Waals surface area contributed by atoms with E-state index in [1.54, 1.807) is 20.8 Å². The molecule has 1 atom stereocenters. The molecule has 0 aromatic heterocycles. The summed E-state index contributed by atoms with van der Waals surface area (Å²) in [5.74, 6) is -2.38. The Balaban J connectivity index is 2.42. The van der Waals surface area contributed by atoms with Crippen molar-refractivity contribution in [1.82, 2.24) is 9.91 Å². The topological polar surface area (TPSA) is 184 Å². The number of ether oxygens (including phenoxy) is 1. The monoisotopic (exact) mass is 509 g/mol. The average Bonchev–Trinajstić information content (AvgIpc) is 2.79. The number of aliphatic carboxylic acids is 1. The molecule has 2 saturated carbocycles. The van der Waals surface area contributed by atoms with E-state index in [1.807, 2.05) is 0 Å². The molecule has 0 aromatic carbocycles. The van der Waals surface area contributed by atoms with Crippen LogP contribution in [0.5, 0.6) is 0 Å². The van der Waals surface area contributed by atoms with Crippen molar-refractivity contribution in [1.29, 1.82) is 5.41 Å². The van der Waals surface area contributed by atoms with Crippen LogP contribution in [0.15, 0.2) is 5.10 Å². The number of carbonyl (C=O) groups excluding carboxylic acids is 1. The van der Waals surface area contributed by atoms with Crippen LogP contribution >= 0.6 is 0 Å². The first-order valence-electron chi connectivity index (χ1n) is 13.3. The molecule has 11 nitrogen and oxygen atoms in total. The van der Waals surface area contributed by atoms with E-state index in [0.717, 1.165) is 64.2 Å². The van der Waals surface area contributed by atoms with Crippen LogP contribution < -0.4 is 17.2 Å². The Morgan fingerprint density at radius 1 is 0.944 bits per heavy atom. The SMILES string of the molecule is CC(C)(C)OC(=O)[C@@](CCCCN(N=C(N)N)C(=N)N)(C(=O)O)N(C1CCCCC1)C1CCCCC1. The Kier molecular flexibility index (Phi) is 10.8. The molecule has 2 aliphatic rings. The molecule has 0 spiro atoms. The van der Waals surface area contributed by atoms with E-state index in [4.69, 9.17) is 27.3 Å². The number of nitrogens with zero attached hydrogens (tertiary/aromatic N) is 3. The first kappa shape index (κ1) is 29.7. The normalized spacial score (nSPS) is 19.3. The van der Waals surface area contributed by atoms with E-state index >= 15 is 0 Å². The number of carbonyl (C=O) groups is 2. The maximum Gasteiger partial charge on any atom is 0.338 e. The minimum atomic E-state index is -1.78. The number of rotatable bonds is 11. The molecule has 206 valence electrons. The van der Waals surface area contributed by atoms with Crippen LogP contribution in [0.2, 0.25) is 0 Å². The Labute approximate surface area is 215 Å². The van der Waals surface area contributed by atoms with Gasteiger partial charge in [0.05, 0.1) is 0 Å². The third-order valence-electron chi connectivity index (χ3n) is 7.14. The van der Waals surface area contributed by atoms with Gasteiger partial charge in [-0.05, 0) is 65.7 Å². The molecule has 11 heteroatoms. The van der Waals surface area contributed by atoms with Crippen molar-refractivity contribution in [3.8, 4) is 0 Å². The van der Waals surface area contributed by atoms with Gasteiger partial charge in [0.25, 0.3) is 0 Å².